The van der Waals surface area contributed by atoms with Crippen LogP contribution in [0.1, 0.15) is 51.0 Å². The van der Waals surface area contributed by atoms with Crippen molar-refractivity contribution in [3.8, 4) is 0 Å². The fourth-order valence-corrected chi connectivity index (χ4v) is 6.77. The van der Waals surface area contributed by atoms with Crippen LogP contribution in [-0.4, -0.2) is 43.8 Å². The van der Waals surface area contributed by atoms with Gasteiger partial charge in [0.15, 0.2) is 0 Å². The van der Waals surface area contributed by atoms with E-state index in [0.29, 0.717) is 22.2 Å². The Kier molecular flexibility index (Phi) is 10.7. The summed E-state index contributed by atoms with van der Waals surface area (Å²) in [5.41, 5.74) is 1.11. The molecule has 1 aliphatic rings. The minimum Gasteiger partial charge on any atom is -0.352 e. The van der Waals surface area contributed by atoms with E-state index in [9.17, 15) is 18.0 Å². The smallest absolute Gasteiger partial charge is 0.264 e. The van der Waals surface area contributed by atoms with Crippen LogP contribution in [0.15, 0.2) is 83.8 Å². The summed E-state index contributed by atoms with van der Waals surface area (Å²) < 4.78 is 28.8. The van der Waals surface area contributed by atoms with Gasteiger partial charge in [-0.15, -0.1) is 0 Å². The Balaban J connectivity index is 1.68. The molecule has 1 saturated carbocycles. The van der Waals surface area contributed by atoms with Gasteiger partial charge in [-0.3, -0.25) is 13.9 Å². The number of anilines is 1. The van der Waals surface area contributed by atoms with Crippen molar-refractivity contribution in [1.82, 2.24) is 10.2 Å². The van der Waals surface area contributed by atoms with Gasteiger partial charge >= 0.3 is 0 Å². The van der Waals surface area contributed by atoms with Crippen molar-refractivity contribution in [2.24, 2.45) is 0 Å². The maximum Gasteiger partial charge on any atom is 0.264 e. The van der Waals surface area contributed by atoms with Gasteiger partial charge in [0.1, 0.15) is 12.6 Å². The topological polar surface area (TPSA) is 86.8 Å². The Morgan fingerprint density at radius 2 is 1.46 bits per heavy atom. The molecule has 0 spiro atoms. The Morgan fingerprint density at radius 1 is 0.878 bits per heavy atom. The summed E-state index contributed by atoms with van der Waals surface area (Å²) in [7, 11) is -4.14. The van der Waals surface area contributed by atoms with Gasteiger partial charge in [0, 0.05) is 22.6 Å². The normalized spacial score (nSPS) is 14.7. The molecule has 3 aromatic carbocycles. The fourth-order valence-electron chi connectivity index (χ4n) is 5.11. The molecular weight excluding hydrogens is 581 g/mol. The number of hydrogen-bond donors (Lipinski definition) is 1. The van der Waals surface area contributed by atoms with E-state index in [0.717, 1.165) is 42.0 Å². The molecule has 7 nitrogen and oxygen atoms in total. The van der Waals surface area contributed by atoms with Gasteiger partial charge < -0.3 is 10.2 Å². The van der Waals surface area contributed by atoms with Crippen LogP contribution in [-0.2, 0) is 26.2 Å². The SMILES string of the molecule is CCC(C(=O)NC1CCCCC1)N(Cc1ccc(Cl)cc1)C(=O)CN(c1ccccc1)S(=O)(=O)c1ccc(Cl)cc1. The van der Waals surface area contributed by atoms with E-state index < -0.39 is 28.5 Å². The molecule has 10 heteroatoms. The van der Waals surface area contributed by atoms with Gasteiger partial charge in [0.2, 0.25) is 11.8 Å². The predicted molar refractivity (Wildman–Crippen MR) is 164 cm³/mol. The van der Waals surface area contributed by atoms with Crippen LogP contribution in [0.3, 0.4) is 0 Å². The van der Waals surface area contributed by atoms with Crippen LogP contribution in [0.2, 0.25) is 10.0 Å². The summed E-state index contributed by atoms with van der Waals surface area (Å²) in [5.74, 6) is -0.722. The van der Waals surface area contributed by atoms with Crippen molar-refractivity contribution in [3.05, 3.63) is 94.5 Å². The molecule has 218 valence electrons. The number of nitrogens with zero attached hydrogens (tertiary/aromatic N) is 2. The third-order valence-electron chi connectivity index (χ3n) is 7.33. The van der Waals surface area contributed by atoms with Crippen LogP contribution in [0, 0.1) is 0 Å². The zero-order valence-corrected chi connectivity index (χ0v) is 25.3. The molecule has 0 aromatic heterocycles. The molecule has 0 saturated heterocycles. The number of halogens is 2. The molecule has 0 bridgehead atoms. The molecule has 1 atom stereocenters. The lowest BCUT2D eigenvalue weighted by atomic mass is 9.95. The quantitative estimate of drug-likeness (QED) is 0.269. The predicted octanol–water partition coefficient (Wildman–Crippen LogP) is 6.45. The first-order valence-electron chi connectivity index (χ1n) is 13.9. The summed E-state index contributed by atoms with van der Waals surface area (Å²) >= 11 is 12.1. The van der Waals surface area contributed by atoms with E-state index in [1.54, 1.807) is 54.6 Å². The van der Waals surface area contributed by atoms with Crippen molar-refractivity contribution in [3.63, 3.8) is 0 Å². The molecule has 0 heterocycles. The molecular formula is C31H35Cl2N3O4S. The van der Waals surface area contributed by atoms with E-state index in [2.05, 4.69) is 5.32 Å². The second-order valence-electron chi connectivity index (χ2n) is 10.2. The number of benzene rings is 3. The molecule has 1 unspecified atom stereocenters. The molecule has 3 aromatic rings. The number of carbonyl (C=O) groups is 2. The molecule has 1 aliphatic carbocycles. The van der Waals surface area contributed by atoms with Crippen molar-refractivity contribution in [2.45, 2.75) is 69.0 Å². The Labute approximate surface area is 252 Å². The summed E-state index contributed by atoms with van der Waals surface area (Å²) in [4.78, 5) is 29.2. The third kappa shape index (κ3) is 8.03. The van der Waals surface area contributed by atoms with Crippen molar-refractivity contribution in [1.29, 1.82) is 0 Å². The number of sulfonamides is 1. The van der Waals surface area contributed by atoms with E-state index in [1.165, 1.54) is 29.2 Å². The van der Waals surface area contributed by atoms with E-state index in [1.807, 2.05) is 6.92 Å². The maximum absolute atomic E-state index is 14.1. The average molecular weight is 617 g/mol. The van der Waals surface area contributed by atoms with Gasteiger partial charge in [-0.25, -0.2) is 8.42 Å². The van der Waals surface area contributed by atoms with Crippen molar-refractivity contribution < 1.29 is 18.0 Å². The molecule has 1 N–H and O–H groups in total. The number of amides is 2. The monoisotopic (exact) mass is 615 g/mol. The number of carbonyl (C=O) groups excluding carboxylic acids is 2. The molecule has 1 fully saturated rings. The highest BCUT2D eigenvalue weighted by Gasteiger charge is 2.34. The van der Waals surface area contributed by atoms with Gasteiger partial charge in [0.05, 0.1) is 10.6 Å². The Morgan fingerprint density at radius 3 is 2.05 bits per heavy atom. The summed E-state index contributed by atoms with van der Waals surface area (Å²) in [6, 6.07) is 20.6. The molecule has 0 aliphatic heterocycles. The zero-order valence-electron chi connectivity index (χ0n) is 23.0. The van der Waals surface area contributed by atoms with Crippen LogP contribution in [0.5, 0.6) is 0 Å². The number of rotatable bonds is 11. The second kappa shape index (κ2) is 14.2. The second-order valence-corrected chi connectivity index (χ2v) is 13.0. The fraction of sp³-hybridized carbons (Fsp3) is 0.355. The minimum atomic E-state index is -4.14. The number of nitrogens with one attached hydrogen (secondary N) is 1. The van der Waals surface area contributed by atoms with E-state index in [-0.39, 0.29) is 23.4 Å². The van der Waals surface area contributed by atoms with Crippen molar-refractivity contribution in [2.75, 3.05) is 10.8 Å². The van der Waals surface area contributed by atoms with Crippen LogP contribution < -0.4 is 9.62 Å². The van der Waals surface area contributed by atoms with Crippen LogP contribution in [0.25, 0.3) is 0 Å². The number of hydrogen-bond acceptors (Lipinski definition) is 4. The Bertz CT molecular complexity index is 1410. The highest BCUT2D eigenvalue weighted by Crippen LogP contribution is 2.26. The minimum absolute atomic E-state index is 0.00453. The van der Waals surface area contributed by atoms with E-state index >= 15 is 0 Å². The van der Waals surface area contributed by atoms with Gasteiger partial charge in [0.25, 0.3) is 10.0 Å². The van der Waals surface area contributed by atoms with Crippen LogP contribution in [0.4, 0.5) is 5.69 Å². The summed E-state index contributed by atoms with van der Waals surface area (Å²) in [6.07, 6.45) is 5.46. The highest BCUT2D eigenvalue weighted by atomic mass is 35.5. The average Bonchev–Trinajstić information content (AvgIpc) is 2.98. The van der Waals surface area contributed by atoms with Crippen molar-refractivity contribution >= 4 is 50.7 Å². The highest BCUT2D eigenvalue weighted by molar-refractivity contribution is 7.92. The first-order chi connectivity index (χ1) is 19.7. The summed E-state index contributed by atoms with van der Waals surface area (Å²) in [5, 5.41) is 4.10. The van der Waals surface area contributed by atoms with Gasteiger partial charge in [-0.2, -0.15) is 0 Å². The van der Waals surface area contributed by atoms with Gasteiger partial charge in [-0.1, -0.05) is 79.7 Å². The molecule has 4 rings (SSSR count). The molecule has 2 amide bonds. The lowest BCUT2D eigenvalue weighted by Gasteiger charge is -2.34. The Hall–Kier alpha value is -3.07. The lowest BCUT2D eigenvalue weighted by Crippen LogP contribution is -2.54. The number of para-hydroxylation sites is 1. The molecule has 41 heavy (non-hydrogen) atoms. The zero-order chi connectivity index (χ0) is 29.4. The first-order valence-corrected chi connectivity index (χ1v) is 16.1. The largest absolute Gasteiger partial charge is 0.352 e. The maximum atomic E-state index is 14.1. The lowest BCUT2D eigenvalue weighted by molar-refractivity contribution is -0.140. The van der Waals surface area contributed by atoms with E-state index in [4.69, 9.17) is 23.2 Å². The van der Waals surface area contributed by atoms with Gasteiger partial charge in [-0.05, 0) is 73.4 Å². The first kappa shape index (κ1) is 30.9. The summed E-state index contributed by atoms with van der Waals surface area (Å²) in [6.45, 7) is 1.48. The van der Waals surface area contributed by atoms with Crippen LogP contribution >= 0.6 is 23.2 Å². The third-order valence-corrected chi connectivity index (χ3v) is 9.62. The molecule has 0 radical (unpaired) electrons. The standard InChI is InChI=1S/C31H35Cl2N3O4S/c1-2-29(31(38)34-26-9-5-3-6-10-26)35(21-23-13-15-24(32)16-14-23)30(37)22-36(27-11-7-4-8-12-27)41(39,40)28-19-17-25(33)18-20-28/h4,7-8,11-20,26,29H,2-3,5-6,9-10,21-22H2,1H3,(H,34,38).